The Hall–Kier alpha value is -3.85. The van der Waals surface area contributed by atoms with Crippen LogP contribution in [0.5, 0.6) is 11.5 Å². The minimum Gasteiger partial charge on any atom is -0.495 e. The van der Waals surface area contributed by atoms with E-state index in [1.54, 1.807) is 24.7 Å². The maximum Gasteiger partial charge on any atom is 0.234 e. The summed E-state index contributed by atoms with van der Waals surface area (Å²) in [5.74, 6) is 0.850. The Morgan fingerprint density at radius 1 is 1.18 bits per heavy atom. The molecule has 13 heteroatoms. The van der Waals surface area contributed by atoms with E-state index in [1.165, 1.54) is 14.2 Å². The highest BCUT2D eigenvalue weighted by Crippen LogP contribution is 2.47. The third kappa shape index (κ3) is 4.74. The molecular formula is C25H23Cl2N7O4. The van der Waals surface area contributed by atoms with Crippen molar-refractivity contribution in [3.05, 3.63) is 40.8 Å². The second-order valence-electron chi connectivity index (χ2n) is 8.56. The Labute approximate surface area is 227 Å². The monoisotopic (exact) mass is 555 g/mol. The van der Waals surface area contributed by atoms with Crippen LogP contribution >= 0.6 is 23.2 Å². The van der Waals surface area contributed by atoms with Crippen LogP contribution in [0.4, 0.5) is 5.95 Å². The Balaban J connectivity index is 1.55. The number of nitriles is 1. The van der Waals surface area contributed by atoms with Crippen LogP contribution in [0.3, 0.4) is 0 Å². The van der Waals surface area contributed by atoms with Gasteiger partial charge in [0.25, 0.3) is 0 Å². The van der Waals surface area contributed by atoms with Gasteiger partial charge in [-0.05, 0) is 12.5 Å². The lowest BCUT2D eigenvalue weighted by atomic mass is 10.0. The number of halogens is 2. The molecule has 38 heavy (non-hydrogen) atoms. The molecule has 0 spiro atoms. The number of nitrogens with one attached hydrogen (secondary N) is 2. The number of anilines is 1. The van der Waals surface area contributed by atoms with Crippen molar-refractivity contribution >= 4 is 51.7 Å². The van der Waals surface area contributed by atoms with E-state index < -0.39 is 0 Å². The highest BCUT2D eigenvalue weighted by Gasteiger charge is 2.28. The van der Waals surface area contributed by atoms with Gasteiger partial charge in [-0.1, -0.05) is 23.2 Å². The molecule has 4 heterocycles. The van der Waals surface area contributed by atoms with Crippen LogP contribution < -0.4 is 20.1 Å². The Morgan fingerprint density at radius 3 is 2.66 bits per heavy atom. The van der Waals surface area contributed by atoms with Gasteiger partial charge in [0.05, 0.1) is 49.0 Å². The van der Waals surface area contributed by atoms with Gasteiger partial charge in [-0.2, -0.15) is 10.2 Å². The molecule has 2 atom stereocenters. The number of hydrogen-bond acceptors (Lipinski definition) is 9. The maximum absolute atomic E-state index is 12.0. The zero-order chi connectivity index (χ0) is 26.8. The number of pyridine rings is 1. The van der Waals surface area contributed by atoms with Crippen molar-refractivity contribution in [1.29, 1.82) is 5.26 Å². The van der Waals surface area contributed by atoms with Gasteiger partial charge >= 0.3 is 0 Å². The number of imidazole rings is 1. The zero-order valence-corrected chi connectivity index (χ0v) is 22.0. The second-order valence-corrected chi connectivity index (χ2v) is 9.31. The Kier molecular flexibility index (Phi) is 7.37. The van der Waals surface area contributed by atoms with Crippen molar-refractivity contribution in [3.63, 3.8) is 0 Å². The number of carbonyl (C=O) groups excluding carboxylic acids is 1. The zero-order valence-electron chi connectivity index (χ0n) is 20.5. The van der Waals surface area contributed by atoms with Crippen molar-refractivity contribution in [3.8, 4) is 28.7 Å². The Morgan fingerprint density at radius 2 is 1.95 bits per heavy atom. The lowest BCUT2D eigenvalue weighted by Gasteiger charge is -2.32. The second kappa shape index (κ2) is 10.9. The van der Waals surface area contributed by atoms with E-state index in [-0.39, 0.29) is 24.4 Å². The first-order valence-corrected chi connectivity index (χ1v) is 12.4. The van der Waals surface area contributed by atoms with Crippen molar-refractivity contribution in [2.75, 3.05) is 32.8 Å². The van der Waals surface area contributed by atoms with Gasteiger partial charge in [0.15, 0.2) is 5.65 Å². The summed E-state index contributed by atoms with van der Waals surface area (Å²) in [6.45, 7) is 0.861. The number of aromatic nitrogens is 4. The minimum absolute atomic E-state index is 0.204. The van der Waals surface area contributed by atoms with Crippen LogP contribution in [0, 0.1) is 11.3 Å². The first-order chi connectivity index (χ1) is 18.4. The van der Waals surface area contributed by atoms with Crippen LogP contribution in [0.15, 0.2) is 30.7 Å². The number of rotatable bonds is 7. The third-order valence-electron chi connectivity index (χ3n) is 6.31. The fourth-order valence-corrected chi connectivity index (χ4v) is 5.20. The van der Waals surface area contributed by atoms with E-state index >= 15 is 0 Å². The molecule has 1 amide bonds. The molecule has 0 aliphatic carbocycles. The molecule has 1 aliphatic rings. The summed E-state index contributed by atoms with van der Waals surface area (Å²) < 4.78 is 18.3. The summed E-state index contributed by atoms with van der Waals surface area (Å²) in [6.07, 6.45) is 5.52. The predicted octanol–water partition coefficient (Wildman–Crippen LogP) is 3.87. The molecule has 5 rings (SSSR count). The van der Waals surface area contributed by atoms with Gasteiger partial charge < -0.3 is 24.8 Å². The highest BCUT2D eigenvalue weighted by molar-refractivity contribution is 6.41. The first kappa shape index (κ1) is 25.8. The topological polar surface area (TPSA) is 136 Å². The van der Waals surface area contributed by atoms with Gasteiger partial charge in [0.1, 0.15) is 23.6 Å². The summed E-state index contributed by atoms with van der Waals surface area (Å²) in [6, 6.07) is 4.85. The van der Waals surface area contributed by atoms with Crippen molar-refractivity contribution in [2.24, 2.45) is 0 Å². The van der Waals surface area contributed by atoms with Crippen molar-refractivity contribution < 1.29 is 19.0 Å². The molecule has 11 nitrogen and oxygen atoms in total. The van der Waals surface area contributed by atoms with Gasteiger partial charge in [-0.15, -0.1) is 0 Å². The summed E-state index contributed by atoms with van der Waals surface area (Å²) in [4.78, 5) is 25.8. The van der Waals surface area contributed by atoms with E-state index in [9.17, 15) is 4.79 Å². The number of amides is 1. The third-order valence-corrected chi connectivity index (χ3v) is 7.06. The van der Waals surface area contributed by atoms with E-state index in [4.69, 9.17) is 47.7 Å². The number of hydrogen-bond donors (Lipinski definition) is 2. The van der Waals surface area contributed by atoms with Crippen LogP contribution in [-0.2, 0) is 9.53 Å². The smallest absolute Gasteiger partial charge is 0.234 e. The van der Waals surface area contributed by atoms with E-state index in [2.05, 4.69) is 20.6 Å². The molecule has 0 radical (unpaired) electrons. The normalized spacial score (nSPS) is 17.2. The molecule has 196 valence electrons. The molecular weight excluding hydrogens is 533 g/mol. The van der Waals surface area contributed by atoms with Gasteiger partial charge in [-0.3, -0.25) is 9.20 Å². The molecule has 3 aromatic heterocycles. The number of carbonyl (C=O) groups is 1. The molecule has 0 unspecified atom stereocenters. The molecule has 0 bridgehead atoms. The number of fused-ring (bicyclic) bond motifs is 3. The Bertz CT molecular complexity index is 1540. The highest BCUT2D eigenvalue weighted by atomic mass is 35.5. The average Bonchev–Trinajstić information content (AvgIpc) is 3.41. The van der Waals surface area contributed by atoms with E-state index in [0.717, 1.165) is 0 Å². The largest absolute Gasteiger partial charge is 0.495 e. The maximum atomic E-state index is 12.0. The number of ether oxygens (including phenoxy) is 3. The molecule has 0 saturated carbocycles. The van der Waals surface area contributed by atoms with Gasteiger partial charge in [-0.25, -0.2) is 9.97 Å². The number of benzene rings is 1. The van der Waals surface area contributed by atoms with Gasteiger partial charge in [0, 0.05) is 47.8 Å². The summed E-state index contributed by atoms with van der Waals surface area (Å²) in [5, 5.41) is 16.3. The average molecular weight is 556 g/mol. The summed E-state index contributed by atoms with van der Waals surface area (Å²) in [5.41, 5.74) is 2.34. The van der Waals surface area contributed by atoms with Crippen LogP contribution in [-0.4, -0.2) is 64.8 Å². The van der Waals surface area contributed by atoms with Crippen LogP contribution in [0.1, 0.15) is 12.8 Å². The van der Waals surface area contributed by atoms with E-state index in [1.807, 2.05) is 16.5 Å². The van der Waals surface area contributed by atoms with Crippen LogP contribution in [0.25, 0.3) is 27.8 Å². The van der Waals surface area contributed by atoms with E-state index in [0.29, 0.717) is 74.9 Å². The molecule has 1 fully saturated rings. The molecule has 1 aliphatic heterocycles. The number of methoxy groups -OCH3 is 2. The van der Waals surface area contributed by atoms with Gasteiger partial charge in [0.2, 0.25) is 11.9 Å². The molecule has 1 saturated heterocycles. The summed E-state index contributed by atoms with van der Waals surface area (Å²) in [7, 11) is 3.03. The number of nitrogens with zero attached hydrogens (tertiary/aromatic N) is 5. The SMILES string of the molecule is COc1cc(OC)c(Cl)c(-c2cc3cnc(N[C@@H]4COCC[C@@H]4NC(=O)CC#N)nc3n3ccnc23)c1Cl. The van der Waals surface area contributed by atoms with Crippen LogP contribution in [0.2, 0.25) is 10.0 Å². The lowest BCUT2D eigenvalue weighted by molar-refractivity contribution is -0.121. The van der Waals surface area contributed by atoms with Crippen molar-refractivity contribution in [1.82, 2.24) is 24.7 Å². The minimum atomic E-state index is -0.329. The fraction of sp³-hybridized carbons (Fsp3) is 0.320. The predicted molar refractivity (Wildman–Crippen MR) is 142 cm³/mol. The molecule has 4 aromatic rings. The summed E-state index contributed by atoms with van der Waals surface area (Å²) >= 11 is 13.4. The fourth-order valence-electron chi connectivity index (χ4n) is 4.49. The molecule has 1 aromatic carbocycles. The lowest BCUT2D eigenvalue weighted by Crippen LogP contribution is -2.52. The standard InChI is InChI=1S/C25H23Cl2N7O4/c1-36-17-10-18(37-2)22(27)20(21(17)26)14-9-13-11-30-25(33-23(13)34-7-6-29-24(14)34)32-16-12-38-8-4-15(16)31-19(35)3-5-28/h6-7,9-11,15-16H,3-4,8,12H2,1-2H3,(H,31,35)(H,30,32,33)/t15-,16+/m0/s1. The first-order valence-electron chi connectivity index (χ1n) is 11.7. The van der Waals surface area contributed by atoms with Crippen molar-refractivity contribution in [2.45, 2.75) is 24.9 Å². The quantitative estimate of drug-likeness (QED) is 0.348. The molecule has 2 N–H and O–H groups in total.